The van der Waals surface area contributed by atoms with E-state index in [4.69, 9.17) is 4.74 Å². The van der Waals surface area contributed by atoms with Gasteiger partial charge in [-0.1, -0.05) is 36.4 Å². The molecule has 0 spiro atoms. The zero-order chi connectivity index (χ0) is 23.0. The second kappa shape index (κ2) is 8.20. The van der Waals surface area contributed by atoms with Crippen LogP contribution in [0.4, 0.5) is 8.78 Å². The zero-order valence-electron chi connectivity index (χ0n) is 17.9. The van der Waals surface area contributed by atoms with E-state index >= 15 is 0 Å². The first kappa shape index (κ1) is 20.9. The second-order valence-corrected chi connectivity index (χ2v) is 8.17. The topological polar surface area (TPSA) is 52.1 Å². The van der Waals surface area contributed by atoms with E-state index in [1.54, 1.807) is 18.2 Å². The summed E-state index contributed by atoms with van der Waals surface area (Å²) in [5.41, 5.74) is 4.81. The SMILES string of the molecule is COC(=O)c1cccc2c1C(Cc1ccnc(F)c1)(Cc1ccnc(F)c1)c1ccccc1-2. The van der Waals surface area contributed by atoms with Crippen LogP contribution in [-0.2, 0) is 23.0 Å². The summed E-state index contributed by atoms with van der Waals surface area (Å²) in [4.78, 5) is 20.2. The molecular formula is C27H20F2N2O2. The van der Waals surface area contributed by atoms with Crippen molar-refractivity contribution in [1.29, 1.82) is 0 Å². The van der Waals surface area contributed by atoms with E-state index in [1.807, 2.05) is 36.4 Å². The Morgan fingerprint density at radius 3 is 2.06 bits per heavy atom. The number of esters is 1. The summed E-state index contributed by atoms with van der Waals surface area (Å²) in [7, 11) is 1.35. The lowest BCUT2D eigenvalue weighted by Crippen LogP contribution is -2.33. The van der Waals surface area contributed by atoms with Crippen LogP contribution in [0.1, 0.15) is 32.6 Å². The Kier molecular flexibility index (Phi) is 5.21. The average Bonchev–Trinajstić information content (AvgIpc) is 3.08. The van der Waals surface area contributed by atoms with Crippen molar-refractivity contribution in [2.24, 2.45) is 0 Å². The largest absolute Gasteiger partial charge is 0.465 e. The first-order chi connectivity index (χ1) is 16.0. The third-order valence-corrected chi connectivity index (χ3v) is 6.27. The van der Waals surface area contributed by atoms with Gasteiger partial charge >= 0.3 is 5.97 Å². The van der Waals surface area contributed by atoms with Gasteiger partial charge in [-0.2, -0.15) is 8.78 Å². The summed E-state index contributed by atoms with van der Waals surface area (Å²) in [6, 6.07) is 19.8. The molecule has 0 amide bonds. The average molecular weight is 442 g/mol. The highest BCUT2D eigenvalue weighted by molar-refractivity contribution is 5.97. The molecule has 1 aliphatic rings. The Morgan fingerprint density at radius 2 is 1.45 bits per heavy atom. The van der Waals surface area contributed by atoms with Crippen LogP contribution in [0.25, 0.3) is 11.1 Å². The number of fused-ring (bicyclic) bond motifs is 3. The smallest absolute Gasteiger partial charge is 0.338 e. The number of hydrogen-bond donors (Lipinski definition) is 0. The van der Waals surface area contributed by atoms with E-state index in [1.165, 1.54) is 31.6 Å². The Morgan fingerprint density at radius 1 is 0.848 bits per heavy atom. The van der Waals surface area contributed by atoms with Crippen LogP contribution in [0, 0.1) is 11.9 Å². The third-order valence-electron chi connectivity index (χ3n) is 6.27. The minimum absolute atomic E-state index is 0.383. The van der Waals surface area contributed by atoms with Crippen molar-refractivity contribution in [3.8, 4) is 11.1 Å². The Hall–Kier alpha value is -3.93. The van der Waals surface area contributed by atoms with E-state index in [2.05, 4.69) is 9.97 Å². The molecule has 2 heterocycles. The van der Waals surface area contributed by atoms with Gasteiger partial charge in [-0.15, -0.1) is 0 Å². The van der Waals surface area contributed by atoms with Gasteiger partial charge in [0.15, 0.2) is 0 Å². The summed E-state index contributed by atoms with van der Waals surface area (Å²) in [5, 5.41) is 0. The Balaban J connectivity index is 1.82. The highest BCUT2D eigenvalue weighted by Gasteiger charge is 2.46. The molecule has 2 aromatic heterocycles. The summed E-state index contributed by atoms with van der Waals surface area (Å²) in [5.74, 6) is -1.61. The number of rotatable bonds is 5. The molecule has 0 atom stereocenters. The van der Waals surface area contributed by atoms with Crippen LogP contribution in [0.15, 0.2) is 79.1 Å². The normalized spacial score (nSPS) is 13.3. The van der Waals surface area contributed by atoms with E-state index in [0.717, 1.165) is 33.4 Å². The molecule has 4 aromatic rings. The fourth-order valence-electron chi connectivity index (χ4n) is 5.07. The van der Waals surface area contributed by atoms with Gasteiger partial charge in [-0.05, 0) is 76.6 Å². The molecule has 33 heavy (non-hydrogen) atoms. The molecule has 5 rings (SSSR count). The Bertz CT molecular complexity index is 1320. The molecule has 0 aliphatic heterocycles. The monoisotopic (exact) mass is 442 g/mol. The lowest BCUT2D eigenvalue weighted by Gasteiger charge is -2.34. The number of carbonyl (C=O) groups excluding carboxylic acids is 1. The summed E-state index contributed by atoms with van der Waals surface area (Å²) in [6.07, 6.45) is 3.62. The van der Waals surface area contributed by atoms with Gasteiger partial charge in [0.1, 0.15) is 0 Å². The van der Waals surface area contributed by atoms with Crippen molar-refractivity contribution in [3.05, 3.63) is 119 Å². The van der Waals surface area contributed by atoms with Crippen LogP contribution in [0.5, 0.6) is 0 Å². The zero-order valence-corrected chi connectivity index (χ0v) is 17.9. The second-order valence-electron chi connectivity index (χ2n) is 8.17. The molecule has 6 heteroatoms. The van der Waals surface area contributed by atoms with Gasteiger partial charge in [0.2, 0.25) is 11.9 Å². The maximum Gasteiger partial charge on any atom is 0.338 e. The van der Waals surface area contributed by atoms with Crippen LogP contribution < -0.4 is 0 Å². The van der Waals surface area contributed by atoms with Crippen LogP contribution in [0.2, 0.25) is 0 Å². The van der Waals surface area contributed by atoms with E-state index in [0.29, 0.717) is 18.4 Å². The fraction of sp³-hybridized carbons (Fsp3) is 0.148. The summed E-state index contributed by atoms with van der Waals surface area (Å²) >= 11 is 0. The molecule has 0 bridgehead atoms. The maximum absolute atomic E-state index is 14.1. The van der Waals surface area contributed by atoms with E-state index < -0.39 is 23.3 Å². The molecule has 0 saturated heterocycles. The molecule has 0 N–H and O–H groups in total. The molecule has 0 saturated carbocycles. The minimum atomic E-state index is -0.766. The predicted octanol–water partition coefficient (Wildman–Crippen LogP) is 5.29. The van der Waals surface area contributed by atoms with Gasteiger partial charge < -0.3 is 4.74 Å². The molecule has 0 unspecified atom stereocenters. The number of halogens is 2. The number of hydrogen-bond acceptors (Lipinski definition) is 4. The summed E-state index contributed by atoms with van der Waals surface area (Å²) < 4.78 is 33.2. The van der Waals surface area contributed by atoms with Crippen molar-refractivity contribution in [3.63, 3.8) is 0 Å². The van der Waals surface area contributed by atoms with Gasteiger partial charge in [-0.3, -0.25) is 0 Å². The van der Waals surface area contributed by atoms with Gasteiger partial charge in [0.25, 0.3) is 0 Å². The fourth-order valence-corrected chi connectivity index (χ4v) is 5.07. The third kappa shape index (κ3) is 3.57. The lowest BCUT2D eigenvalue weighted by molar-refractivity contribution is 0.0598. The van der Waals surface area contributed by atoms with Crippen LogP contribution in [-0.4, -0.2) is 23.0 Å². The Labute approximate surface area is 189 Å². The van der Waals surface area contributed by atoms with Crippen molar-refractivity contribution in [2.45, 2.75) is 18.3 Å². The number of ether oxygens (including phenoxy) is 1. The molecule has 164 valence electrons. The number of pyridine rings is 2. The van der Waals surface area contributed by atoms with Crippen molar-refractivity contribution in [1.82, 2.24) is 9.97 Å². The molecular weight excluding hydrogens is 422 g/mol. The number of methoxy groups -OCH3 is 1. The first-order valence-electron chi connectivity index (χ1n) is 10.5. The van der Waals surface area contributed by atoms with Crippen molar-refractivity contribution >= 4 is 5.97 Å². The van der Waals surface area contributed by atoms with Gasteiger partial charge in [0, 0.05) is 17.8 Å². The number of carbonyl (C=O) groups is 1. The van der Waals surface area contributed by atoms with Gasteiger partial charge in [0.05, 0.1) is 12.7 Å². The molecule has 1 aliphatic carbocycles. The highest BCUT2D eigenvalue weighted by atomic mass is 19.1. The first-order valence-corrected chi connectivity index (χ1v) is 10.5. The molecule has 0 fully saturated rings. The summed E-state index contributed by atoms with van der Waals surface area (Å²) in [6.45, 7) is 0. The maximum atomic E-state index is 14.1. The van der Waals surface area contributed by atoms with E-state index in [9.17, 15) is 13.6 Å². The highest BCUT2D eigenvalue weighted by Crippen LogP contribution is 2.53. The molecule has 4 nitrogen and oxygen atoms in total. The van der Waals surface area contributed by atoms with Crippen LogP contribution in [0.3, 0.4) is 0 Å². The predicted molar refractivity (Wildman–Crippen MR) is 120 cm³/mol. The molecule has 2 aromatic carbocycles. The quantitative estimate of drug-likeness (QED) is 0.311. The molecule has 0 radical (unpaired) electrons. The van der Waals surface area contributed by atoms with Gasteiger partial charge in [-0.25, -0.2) is 14.8 Å². The minimum Gasteiger partial charge on any atom is -0.465 e. The number of benzene rings is 2. The van der Waals surface area contributed by atoms with Crippen molar-refractivity contribution < 1.29 is 18.3 Å². The number of nitrogens with zero attached hydrogens (tertiary/aromatic N) is 2. The number of aromatic nitrogens is 2. The van der Waals surface area contributed by atoms with Crippen molar-refractivity contribution in [2.75, 3.05) is 7.11 Å². The standard InChI is InChI=1S/C27H20F2N2O2/c1-33-26(32)21-7-4-6-20-19-5-2-3-8-22(19)27(25(20)21,15-17-9-11-30-23(28)13-17)16-18-10-12-31-24(29)14-18/h2-14H,15-16H2,1H3. The van der Waals surface area contributed by atoms with E-state index in [-0.39, 0.29) is 0 Å². The van der Waals surface area contributed by atoms with Crippen LogP contribution >= 0.6 is 0 Å². The lowest BCUT2D eigenvalue weighted by atomic mass is 9.68.